The van der Waals surface area contributed by atoms with Gasteiger partial charge in [-0.05, 0) is 35.9 Å². The van der Waals surface area contributed by atoms with Gasteiger partial charge in [-0.1, -0.05) is 30.3 Å². The van der Waals surface area contributed by atoms with Gasteiger partial charge >= 0.3 is 5.97 Å². The van der Waals surface area contributed by atoms with Crippen LogP contribution in [0.15, 0.2) is 72.6 Å². The lowest BCUT2D eigenvalue weighted by molar-refractivity contribution is -0.132. The van der Waals surface area contributed by atoms with Crippen molar-refractivity contribution in [2.75, 3.05) is 17.7 Å². The monoisotopic (exact) mass is 390 g/mol. The summed E-state index contributed by atoms with van der Waals surface area (Å²) < 4.78 is 6.71. The minimum Gasteiger partial charge on any atom is -0.497 e. The van der Waals surface area contributed by atoms with E-state index in [1.807, 2.05) is 30.3 Å². The van der Waals surface area contributed by atoms with Crippen molar-refractivity contribution in [3.05, 3.63) is 83.7 Å². The molecule has 146 valence electrons. The average Bonchev–Trinajstić information content (AvgIpc) is 3.18. The number of allylic oxidation sites excluding steroid dienone is 1. The maximum Gasteiger partial charge on any atom is 0.352 e. The maximum absolute atomic E-state index is 12.8. The number of rotatable bonds is 5. The molecule has 2 aromatic carbocycles. The number of carboxylic acids is 1. The number of carbonyl (C=O) groups is 2. The topological polar surface area (TPSA) is 105 Å². The molecule has 0 saturated heterocycles. The van der Waals surface area contributed by atoms with Gasteiger partial charge in [0.05, 0.1) is 19.3 Å². The molecule has 2 heterocycles. The van der Waals surface area contributed by atoms with Crippen molar-refractivity contribution in [3.8, 4) is 5.75 Å². The van der Waals surface area contributed by atoms with Crippen LogP contribution >= 0.6 is 0 Å². The number of carboxylic acid groups (broad SMARTS) is 1. The van der Waals surface area contributed by atoms with E-state index in [0.29, 0.717) is 17.3 Å². The van der Waals surface area contributed by atoms with Gasteiger partial charge in [0.15, 0.2) is 0 Å². The number of nitrogens with one attached hydrogen (secondary N) is 2. The van der Waals surface area contributed by atoms with Crippen LogP contribution in [0.5, 0.6) is 5.75 Å². The SMILES string of the molecule is COc1ccc(NC(=O)c2cnn3c2NC(C(=O)O)=C[C@@H]3c2ccccc2)cc1. The van der Waals surface area contributed by atoms with Crippen LogP contribution in [0.4, 0.5) is 11.5 Å². The highest BCUT2D eigenvalue weighted by Crippen LogP contribution is 2.32. The lowest BCUT2D eigenvalue weighted by atomic mass is 10.0. The van der Waals surface area contributed by atoms with Crippen LogP contribution in [0.3, 0.4) is 0 Å². The lowest BCUT2D eigenvalue weighted by Crippen LogP contribution is -2.25. The molecule has 1 amide bonds. The van der Waals surface area contributed by atoms with E-state index in [2.05, 4.69) is 15.7 Å². The van der Waals surface area contributed by atoms with Gasteiger partial charge in [-0.3, -0.25) is 4.79 Å². The number of carbonyl (C=O) groups excluding carboxylic acids is 1. The zero-order valence-corrected chi connectivity index (χ0v) is 15.5. The average molecular weight is 390 g/mol. The Morgan fingerprint density at radius 1 is 1.14 bits per heavy atom. The highest BCUT2D eigenvalue weighted by atomic mass is 16.5. The van der Waals surface area contributed by atoms with Crippen molar-refractivity contribution in [1.82, 2.24) is 9.78 Å². The van der Waals surface area contributed by atoms with Crippen molar-refractivity contribution >= 4 is 23.4 Å². The van der Waals surface area contributed by atoms with Crippen molar-refractivity contribution in [2.45, 2.75) is 6.04 Å². The highest BCUT2D eigenvalue weighted by molar-refractivity contribution is 6.08. The Labute approximate surface area is 166 Å². The Morgan fingerprint density at radius 2 is 1.86 bits per heavy atom. The van der Waals surface area contributed by atoms with Gasteiger partial charge in [0.1, 0.15) is 22.8 Å². The molecule has 8 heteroatoms. The lowest BCUT2D eigenvalue weighted by Gasteiger charge is -2.24. The van der Waals surface area contributed by atoms with Gasteiger partial charge in [0, 0.05) is 5.69 Å². The second-order valence-electron chi connectivity index (χ2n) is 6.40. The molecule has 0 fully saturated rings. The number of aromatic nitrogens is 2. The Kier molecular flexibility index (Phi) is 4.74. The first-order chi connectivity index (χ1) is 14.1. The first kappa shape index (κ1) is 18.3. The fraction of sp³-hybridized carbons (Fsp3) is 0.0952. The predicted octanol–water partition coefficient (Wildman–Crippen LogP) is 3.13. The molecule has 4 rings (SSSR count). The number of fused-ring (bicyclic) bond motifs is 1. The van der Waals surface area contributed by atoms with E-state index in [0.717, 1.165) is 5.56 Å². The third-order valence-corrected chi connectivity index (χ3v) is 4.60. The van der Waals surface area contributed by atoms with E-state index in [4.69, 9.17) is 4.74 Å². The van der Waals surface area contributed by atoms with Crippen LogP contribution in [-0.2, 0) is 4.79 Å². The maximum atomic E-state index is 12.8. The van der Waals surface area contributed by atoms with Crippen LogP contribution in [0.25, 0.3) is 0 Å². The second kappa shape index (κ2) is 7.51. The summed E-state index contributed by atoms with van der Waals surface area (Å²) in [5.41, 5.74) is 1.68. The number of methoxy groups -OCH3 is 1. The summed E-state index contributed by atoms with van der Waals surface area (Å²) in [5.74, 6) is -0.512. The number of aliphatic carboxylic acids is 1. The fourth-order valence-electron chi connectivity index (χ4n) is 3.15. The number of nitrogens with zero attached hydrogens (tertiary/aromatic N) is 2. The molecule has 0 unspecified atom stereocenters. The van der Waals surface area contributed by atoms with Crippen LogP contribution in [0.1, 0.15) is 22.0 Å². The number of amides is 1. The number of ether oxygens (including phenoxy) is 1. The van der Waals surface area contributed by atoms with Gasteiger partial charge in [-0.15, -0.1) is 0 Å². The van der Waals surface area contributed by atoms with Crippen LogP contribution < -0.4 is 15.4 Å². The molecule has 29 heavy (non-hydrogen) atoms. The zero-order valence-electron chi connectivity index (χ0n) is 15.5. The molecular weight excluding hydrogens is 372 g/mol. The van der Waals surface area contributed by atoms with Crippen molar-refractivity contribution in [1.29, 1.82) is 0 Å². The van der Waals surface area contributed by atoms with E-state index in [9.17, 15) is 14.7 Å². The summed E-state index contributed by atoms with van der Waals surface area (Å²) in [5, 5.41) is 19.4. The molecule has 0 spiro atoms. The van der Waals surface area contributed by atoms with Gasteiger partial charge < -0.3 is 20.5 Å². The molecule has 1 aliphatic rings. The number of benzene rings is 2. The largest absolute Gasteiger partial charge is 0.497 e. The molecule has 0 saturated carbocycles. The summed E-state index contributed by atoms with van der Waals surface area (Å²) >= 11 is 0. The normalized spacial score (nSPS) is 14.9. The van der Waals surface area contributed by atoms with Crippen molar-refractivity contribution in [2.24, 2.45) is 0 Å². The first-order valence-corrected chi connectivity index (χ1v) is 8.87. The molecule has 1 aliphatic heterocycles. The Bertz CT molecular complexity index is 1090. The molecule has 0 bridgehead atoms. The van der Waals surface area contributed by atoms with E-state index in [-0.39, 0.29) is 11.3 Å². The standard InChI is InChI=1S/C21H18N4O4/c1-29-15-9-7-14(8-10-15)23-20(26)16-12-22-25-18(13-5-3-2-4-6-13)11-17(21(27)28)24-19(16)25/h2-12,18,24H,1H3,(H,23,26)(H,27,28)/t18-/m1/s1. The molecule has 1 aromatic heterocycles. The number of anilines is 2. The van der Waals surface area contributed by atoms with E-state index >= 15 is 0 Å². The van der Waals surface area contributed by atoms with Gasteiger partial charge in [-0.2, -0.15) is 5.10 Å². The van der Waals surface area contributed by atoms with Crippen molar-refractivity contribution in [3.63, 3.8) is 0 Å². The minimum absolute atomic E-state index is 0.00893. The van der Waals surface area contributed by atoms with Crippen LogP contribution in [-0.4, -0.2) is 33.9 Å². The highest BCUT2D eigenvalue weighted by Gasteiger charge is 2.29. The molecule has 0 aliphatic carbocycles. The summed E-state index contributed by atoms with van der Waals surface area (Å²) in [6.07, 6.45) is 3.00. The number of hydrogen-bond donors (Lipinski definition) is 3. The summed E-state index contributed by atoms with van der Waals surface area (Å²) in [6, 6.07) is 15.8. The summed E-state index contributed by atoms with van der Waals surface area (Å²) in [7, 11) is 1.56. The third-order valence-electron chi connectivity index (χ3n) is 4.60. The molecule has 3 aromatic rings. The predicted molar refractivity (Wildman–Crippen MR) is 107 cm³/mol. The zero-order chi connectivity index (χ0) is 20.4. The van der Waals surface area contributed by atoms with E-state index in [1.165, 1.54) is 6.20 Å². The molecule has 8 nitrogen and oxygen atoms in total. The minimum atomic E-state index is -1.11. The van der Waals surface area contributed by atoms with Crippen molar-refractivity contribution < 1.29 is 19.4 Å². The summed E-state index contributed by atoms with van der Waals surface area (Å²) in [6.45, 7) is 0. The third kappa shape index (κ3) is 3.55. The summed E-state index contributed by atoms with van der Waals surface area (Å²) in [4.78, 5) is 24.4. The van der Waals surface area contributed by atoms with Gasteiger partial charge in [-0.25, -0.2) is 9.48 Å². The Morgan fingerprint density at radius 3 is 2.52 bits per heavy atom. The first-order valence-electron chi connectivity index (χ1n) is 8.87. The van der Waals surface area contributed by atoms with Gasteiger partial charge in [0.25, 0.3) is 5.91 Å². The molecule has 0 radical (unpaired) electrons. The smallest absolute Gasteiger partial charge is 0.352 e. The van der Waals surface area contributed by atoms with E-state index in [1.54, 1.807) is 42.1 Å². The van der Waals surface area contributed by atoms with Crippen LogP contribution in [0.2, 0.25) is 0 Å². The fourth-order valence-corrected chi connectivity index (χ4v) is 3.15. The molecule has 3 N–H and O–H groups in total. The Balaban J connectivity index is 1.67. The van der Waals surface area contributed by atoms with Gasteiger partial charge in [0.2, 0.25) is 0 Å². The van der Waals surface area contributed by atoms with Crippen LogP contribution in [0, 0.1) is 0 Å². The van der Waals surface area contributed by atoms with E-state index < -0.39 is 17.9 Å². The number of hydrogen-bond acceptors (Lipinski definition) is 5. The quantitative estimate of drug-likeness (QED) is 0.618. The molecular formula is C21H18N4O4. The Hall–Kier alpha value is -4.07. The second-order valence-corrected chi connectivity index (χ2v) is 6.40. The molecule has 1 atom stereocenters.